The van der Waals surface area contributed by atoms with Gasteiger partial charge in [-0.15, -0.1) is 5.43 Å². The van der Waals surface area contributed by atoms with Gasteiger partial charge in [-0.25, -0.2) is 0 Å². The van der Waals surface area contributed by atoms with E-state index in [1.165, 1.54) is 6.07 Å². The summed E-state index contributed by atoms with van der Waals surface area (Å²) >= 11 is 0. The Hall–Kier alpha value is -2.89. The van der Waals surface area contributed by atoms with Crippen LogP contribution in [0.1, 0.15) is 10.4 Å². The highest BCUT2D eigenvalue weighted by molar-refractivity contribution is 6.05. The third-order valence-corrected chi connectivity index (χ3v) is 2.93. The predicted molar refractivity (Wildman–Crippen MR) is 68.6 cm³/mol. The van der Waals surface area contributed by atoms with Gasteiger partial charge in [-0.2, -0.15) is 0 Å². The fourth-order valence-corrected chi connectivity index (χ4v) is 2.03. The van der Waals surface area contributed by atoms with Crippen LogP contribution in [0.25, 0.3) is 11.1 Å². The largest absolute Gasteiger partial charge is 0.295 e. The SMILES string of the molecule is O=C1[N]Nc2cc(-c3ccccc3)c([N+](=O)[O-])cc21. The first-order valence-corrected chi connectivity index (χ1v) is 5.56. The molecule has 6 nitrogen and oxygen atoms in total. The van der Waals surface area contributed by atoms with Crippen molar-refractivity contribution in [2.24, 2.45) is 0 Å². The van der Waals surface area contributed by atoms with E-state index in [1.54, 1.807) is 30.3 Å². The van der Waals surface area contributed by atoms with Crippen LogP contribution in [0.15, 0.2) is 42.5 Å². The molecule has 0 unspecified atom stereocenters. The molecule has 1 heterocycles. The van der Waals surface area contributed by atoms with E-state index in [4.69, 9.17) is 0 Å². The van der Waals surface area contributed by atoms with Crippen molar-refractivity contribution in [1.29, 1.82) is 0 Å². The van der Waals surface area contributed by atoms with Gasteiger partial charge in [-0.3, -0.25) is 20.3 Å². The summed E-state index contributed by atoms with van der Waals surface area (Å²) in [6.07, 6.45) is 0. The quantitative estimate of drug-likeness (QED) is 0.658. The molecule has 1 aliphatic rings. The molecular weight excluding hydrogens is 246 g/mol. The smallest absolute Gasteiger partial charge is 0.274 e. The minimum atomic E-state index is -0.492. The minimum absolute atomic E-state index is 0.0998. The molecule has 2 aromatic carbocycles. The zero-order valence-corrected chi connectivity index (χ0v) is 9.66. The molecule has 0 spiro atoms. The molecule has 0 saturated heterocycles. The lowest BCUT2D eigenvalue weighted by molar-refractivity contribution is -0.384. The van der Waals surface area contributed by atoms with Crippen molar-refractivity contribution in [3.63, 3.8) is 0 Å². The van der Waals surface area contributed by atoms with Crippen LogP contribution in [-0.4, -0.2) is 10.8 Å². The number of benzene rings is 2. The number of rotatable bonds is 2. The summed E-state index contributed by atoms with van der Waals surface area (Å²) in [5.74, 6) is -0.488. The van der Waals surface area contributed by atoms with Gasteiger partial charge in [0.1, 0.15) is 0 Å². The van der Waals surface area contributed by atoms with Gasteiger partial charge in [-0.1, -0.05) is 30.3 Å². The molecule has 0 bridgehead atoms. The summed E-state index contributed by atoms with van der Waals surface area (Å²) in [5.41, 5.74) is 7.91. The predicted octanol–water partition coefficient (Wildman–Crippen LogP) is 2.35. The lowest BCUT2D eigenvalue weighted by Crippen LogP contribution is -2.10. The highest BCUT2D eigenvalue weighted by Crippen LogP contribution is 2.36. The van der Waals surface area contributed by atoms with E-state index in [0.29, 0.717) is 11.3 Å². The van der Waals surface area contributed by atoms with E-state index in [0.717, 1.165) is 5.56 Å². The van der Waals surface area contributed by atoms with Crippen LogP contribution < -0.4 is 10.9 Å². The number of nitro groups is 1. The zero-order chi connectivity index (χ0) is 13.4. The Bertz CT molecular complexity index is 683. The molecule has 0 saturated carbocycles. The van der Waals surface area contributed by atoms with E-state index in [9.17, 15) is 14.9 Å². The van der Waals surface area contributed by atoms with Gasteiger partial charge in [0, 0.05) is 6.07 Å². The van der Waals surface area contributed by atoms with E-state index < -0.39 is 10.8 Å². The molecule has 2 aromatic rings. The van der Waals surface area contributed by atoms with Crippen molar-refractivity contribution in [2.75, 3.05) is 5.43 Å². The summed E-state index contributed by atoms with van der Waals surface area (Å²) in [6.45, 7) is 0. The molecule has 19 heavy (non-hydrogen) atoms. The first-order valence-electron chi connectivity index (χ1n) is 5.56. The van der Waals surface area contributed by atoms with E-state index in [2.05, 4.69) is 10.9 Å². The van der Waals surface area contributed by atoms with Crippen LogP contribution in [0, 0.1) is 10.1 Å². The molecule has 0 aliphatic carbocycles. The first kappa shape index (κ1) is 11.2. The van der Waals surface area contributed by atoms with Crippen LogP contribution in [0.3, 0.4) is 0 Å². The standard InChI is InChI=1S/C13H8N3O3/c17-13-10-7-12(16(18)19)9(6-11(10)14-15-13)8-4-2-1-3-5-8/h1-7,14H. The number of carbonyl (C=O) groups is 1. The monoisotopic (exact) mass is 254 g/mol. The Balaban J connectivity index is 2.25. The molecule has 93 valence electrons. The van der Waals surface area contributed by atoms with Crippen LogP contribution in [0.4, 0.5) is 11.4 Å². The van der Waals surface area contributed by atoms with Gasteiger partial charge in [0.05, 0.1) is 21.7 Å². The topological polar surface area (TPSA) is 86.3 Å². The fraction of sp³-hybridized carbons (Fsp3) is 0. The van der Waals surface area contributed by atoms with Crippen LogP contribution >= 0.6 is 0 Å². The molecule has 1 aliphatic heterocycles. The number of hydrogen-bond acceptors (Lipinski definition) is 4. The minimum Gasteiger partial charge on any atom is -0.274 e. The summed E-state index contributed by atoms with van der Waals surface area (Å²) in [7, 11) is 0. The Labute approximate surface area is 108 Å². The second kappa shape index (κ2) is 4.09. The van der Waals surface area contributed by atoms with Gasteiger partial charge in [0.15, 0.2) is 0 Å². The lowest BCUT2D eigenvalue weighted by atomic mass is 10.0. The highest BCUT2D eigenvalue weighted by atomic mass is 16.6. The first-order chi connectivity index (χ1) is 9.16. The molecule has 0 fully saturated rings. The van der Waals surface area contributed by atoms with Gasteiger partial charge < -0.3 is 0 Å². The van der Waals surface area contributed by atoms with Gasteiger partial charge in [0.25, 0.3) is 11.6 Å². The van der Waals surface area contributed by atoms with Gasteiger partial charge >= 0.3 is 0 Å². The molecular formula is C13H8N3O3. The summed E-state index contributed by atoms with van der Waals surface area (Å²) in [4.78, 5) is 22.1. The number of hydrogen-bond donors (Lipinski definition) is 1. The number of nitrogens with zero attached hydrogens (tertiary/aromatic N) is 2. The molecule has 3 rings (SSSR count). The van der Waals surface area contributed by atoms with E-state index >= 15 is 0 Å². The normalized spacial score (nSPS) is 12.5. The molecule has 0 atom stereocenters. The fourth-order valence-electron chi connectivity index (χ4n) is 2.03. The molecule has 6 heteroatoms. The summed E-state index contributed by atoms with van der Waals surface area (Å²) < 4.78 is 0. The maximum atomic E-state index is 11.4. The second-order valence-corrected chi connectivity index (χ2v) is 4.07. The van der Waals surface area contributed by atoms with Crippen molar-refractivity contribution >= 4 is 17.3 Å². The van der Waals surface area contributed by atoms with Crippen molar-refractivity contribution in [2.45, 2.75) is 0 Å². The second-order valence-electron chi connectivity index (χ2n) is 4.07. The zero-order valence-electron chi connectivity index (χ0n) is 9.66. The number of amides is 1. The maximum Gasteiger partial charge on any atom is 0.295 e. The number of carbonyl (C=O) groups excluding carboxylic acids is 1. The Kier molecular flexibility index (Phi) is 2.42. The lowest BCUT2D eigenvalue weighted by Gasteiger charge is -2.05. The van der Waals surface area contributed by atoms with Crippen molar-refractivity contribution in [3.8, 4) is 11.1 Å². The van der Waals surface area contributed by atoms with Crippen molar-refractivity contribution in [1.82, 2.24) is 5.43 Å². The average molecular weight is 254 g/mol. The van der Waals surface area contributed by atoms with Crippen molar-refractivity contribution < 1.29 is 9.72 Å². The maximum absolute atomic E-state index is 11.4. The van der Waals surface area contributed by atoms with Crippen LogP contribution in [0.2, 0.25) is 0 Å². The molecule has 1 amide bonds. The molecule has 1 N–H and O–H groups in total. The third-order valence-electron chi connectivity index (χ3n) is 2.93. The Morgan fingerprint density at radius 1 is 1.11 bits per heavy atom. The number of nitro benzene ring substituents is 1. The summed E-state index contributed by atoms with van der Waals surface area (Å²) in [6, 6.07) is 11.8. The van der Waals surface area contributed by atoms with Gasteiger partial charge in [0.2, 0.25) is 0 Å². The molecule has 0 aromatic heterocycles. The van der Waals surface area contributed by atoms with E-state index in [1.807, 2.05) is 6.07 Å². The highest BCUT2D eigenvalue weighted by Gasteiger charge is 2.27. The van der Waals surface area contributed by atoms with Crippen LogP contribution in [0.5, 0.6) is 0 Å². The molecule has 1 radical (unpaired) electrons. The third kappa shape index (κ3) is 1.79. The summed E-state index contributed by atoms with van der Waals surface area (Å²) in [5, 5.41) is 11.1. The van der Waals surface area contributed by atoms with Crippen molar-refractivity contribution in [3.05, 3.63) is 58.1 Å². The Morgan fingerprint density at radius 2 is 1.84 bits per heavy atom. The van der Waals surface area contributed by atoms with Crippen LogP contribution in [-0.2, 0) is 0 Å². The number of fused-ring (bicyclic) bond motifs is 1. The number of anilines is 1. The number of nitrogens with one attached hydrogen (secondary N) is 1. The Morgan fingerprint density at radius 3 is 2.53 bits per heavy atom. The average Bonchev–Trinajstić information content (AvgIpc) is 2.79. The van der Waals surface area contributed by atoms with Gasteiger partial charge in [-0.05, 0) is 11.6 Å². The van der Waals surface area contributed by atoms with E-state index in [-0.39, 0.29) is 11.3 Å².